The summed E-state index contributed by atoms with van der Waals surface area (Å²) in [4.78, 5) is 11.0. The molecule has 0 aliphatic carbocycles. The van der Waals surface area contributed by atoms with Crippen molar-refractivity contribution in [1.82, 2.24) is 0 Å². The van der Waals surface area contributed by atoms with E-state index in [1.165, 1.54) is 12.1 Å². The van der Waals surface area contributed by atoms with E-state index in [0.717, 1.165) is 12.8 Å². The summed E-state index contributed by atoms with van der Waals surface area (Å²) in [6.45, 7) is 6.40. The van der Waals surface area contributed by atoms with Gasteiger partial charge in [0.2, 0.25) is 0 Å². The summed E-state index contributed by atoms with van der Waals surface area (Å²) in [6, 6.07) is 3.02. The molecule has 0 heterocycles. The molecule has 0 amide bonds. The van der Waals surface area contributed by atoms with Crippen molar-refractivity contribution < 1.29 is 19.4 Å². The number of halogens is 1. The van der Waals surface area contributed by atoms with Gasteiger partial charge >= 0.3 is 5.97 Å². The molecular weight excluding hydrogens is 312 g/mol. The van der Waals surface area contributed by atoms with E-state index in [4.69, 9.17) is 14.6 Å². The molecule has 0 aromatic heterocycles. The third-order valence-corrected chi connectivity index (χ3v) is 3.34. The van der Waals surface area contributed by atoms with Crippen LogP contribution in [0.3, 0.4) is 0 Å². The van der Waals surface area contributed by atoms with Crippen LogP contribution in [0, 0.1) is 0 Å². The lowest BCUT2D eigenvalue weighted by atomic mass is 10.2. The number of carboxylic acids is 1. The molecule has 0 unspecified atom stereocenters. The Bertz CT molecular complexity index is 441. The molecule has 0 saturated carbocycles. The van der Waals surface area contributed by atoms with E-state index in [2.05, 4.69) is 15.9 Å². The number of rotatable bonds is 7. The van der Waals surface area contributed by atoms with Gasteiger partial charge in [0.1, 0.15) is 0 Å². The molecule has 0 saturated heterocycles. The molecule has 106 valence electrons. The van der Waals surface area contributed by atoms with Gasteiger partial charge in [0.05, 0.1) is 22.7 Å². The second kappa shape index (κ2) is 7.38. The minimum atomic E-state index is -0.990. The van der Waals surface area contributed by atoms with Crippen molar-refractivity contribution in [3.8, 4) is 11.5 Å². The van der Waals surface area contributed by atoms with Crippen molar-refractivity contribution >= 4 is 21.9 Å². The highest BCUT2D eigenvalue weighted by Gasteiger charge is 2.17. The van der Waals surface area contributed by atoms with Gasteiger partial charge in [0, 0.05) is 0 Å². The third-order valence-electron chi connectivity index (χ3n) is 2.75. The van der Waals surface area contributed by atoms with Gasteiger partial charge in [0.15, 0.2) is 11.5 Å². The van der Waals surface area contributed by atoms with Gasteiger partial charge in [-0.3, -0.25) is 0 Å². The molecule has 0 aliphatic heterocycles. The van der Waals surface area contributed by atoms with Gasteiger partial charge in [0.25, 0.3) is 0 Å². The molecule has 0 atom stereocenters. The Balaban J connectivity index is 3.17. The Morgan fingerprint density at radius 1 is 1.32 bits per heavy atom. The Kier molecular flexibility index (Phi) is 6.15. The average Bonchev–Trinajstić information content (AvgIpc) is 2.38. The third kappa shape index (κ3) is 4.13. The number of ether oxygens (including phenoxy) is 2. The molecule has 1 rings (SSSR count). The second-order valence-corrected chi connectivity index (χ2v) is 4.93. The van der Waals surface area contributed by atoms with Crippen molar-refractivity contribution in [2.24, 2.45) is 0 Å². The molecule has 0 spiro atoms. The van der Waals surface area contributed by atoms with Crippen LogP contribution in [-0.2, 0) is 0 Å². The van der Waals surface area contributed by atoms with Crippen LogP contribution in [0.4, 0.5) is 0 Å². The minimum Gasteiger partial charge on any atom is -0.490 e. The van der Waals surface area contributed by atoms with Crippen LogP contribution in [0.1, 0.15) is 44.0 Å². The van der Waals surface area contributed by atoms with Crippen molar-refractivity contribution in [2.45, 2.75) is 39.7 Å². The zero-order valence-electron chi connectivity index (χ0n) is 11.4. The first-order valence-corrected chi connectivity index (χ1v) is 7.18. The Labute approximate surface area is 121 Å². The molecule has 0 fully saturated rings. The number of benzene rings is 1. The first-order chi connectivity index (χ1) is 9.03. The fraction of sp³-hybridized carbons (Fsp3) is 0.500. The van der Waals surface area contributed by atoms with Crippen LogP contribution >= 0.6 is 15.9 Å². The first-order valence-electron chi connectivity index (χ1n) is 6.39. The number of carboxylic acid groups (broad SMARTS) is 1. The first kappa shape index (κ1) is 15.8. The van der Waals surface area contributed by atoms with Crippen LogP contribution in [-0.4, -0.2) is 23.8 Å². The van der Waals surface area contributed by atoms with Crippen LogP contribution < -0.4 is 9.47 Å². The average molecular weight is 331 g/mol. The molecular formula is C14H19BrO4. The van der Waals surface area contributed by atoms with E-state index < -0.39 is 5.97 Å². The minimum absolute atomic E-state index is 0.0891. The SMILES string of the molecule is CCOc1cc(C(=O)O)cc(Br)c1OC(CC)CC. The van der Waals surface area contributed by atoms with E-state index in [9.17, 15) is 4.79 Å². The van der Waals surface area contributed by atoms with Crippen molar-refractivity contribution in [3.63, 3.8) is 0 Å². The van der Waals surface area contributed by atoms with Crippen LogP contribution in [0.25, 0.3) is 0 Å². The lowest BCUT2D eigenvalue weighted by Gasteiger charge is -2.20. The van der Waals surface area contributed by atoms with E-state index in [0.29, 0.717) is 22.6 Å². The molecule has 5 heteroatoms. The summed E-state index contributed by atoms with van der Waals surface area (Å²) in [5.41, 5.74) is 0.173. The molecule has 0 radical (unpaired) electrons. The number of carbonyl (C=O) groups is 1. The maximum absolute atomic E-state index is 11.0. The largest absolute Gasteiger partial charge is 0.490 e. The van der Waals surface area contributed by atoms with E-state index in [1.54, 1.807) is 0 Å². The lowest BCUT2D eigenvalue weighted by Crippen LogP contribution is -2.15. The maximum Gasteiger partial charge on any atom is 0.335 e. The smallest absolute Gasteiger partial charge is 0.335 e. The fourth-order valence-electron chi connectivity index (χ4n) is 1.69. The van der Waals surface area contributed by atoms with Crippen molar-refractivity contribution in [1.29, 1.82) is 0 Å². The fourth-order valence-corrected chi connectivity index (χ4v) is 2.23. The highest BCUT2D eigenvalue weighted by Crippen LogP contribution is 2.38. The second-order valence-electron chi connectivity index (χ2n) is 4.08. The summed E-state index contributed by atoms with van der Waals surface area (Å²) < 4.78 is 12.0. The van der Waals surface area contributed by atoms with Crippen LogP contribution in [0.5, 0.6) is 11.5 Å². The molecule has 0 bridgehead atoms. The van der Waals surface area contributed by atoms with Gasteiger partial charge in [-0.1, -0.05) is 13.8 Å². The highest BCUT2D eigenvalue weighted by molar-refractivity contribution is 9.10. The number of hydrogen-bond donors (Lipinski definition) is 1. The lowest BCUT2D eigenvalue weighted by molar-refractivity contribution is 0.0696. The Morgan fingerprint density at radius 2 is 1.95 bits per heavy atom. The summed E-state index contributed by atoms with van der Waals surface area (Å²) in [7, 11) is 0. The Morgan fingerprint density at radius 3 is 2.42 bits per heavy atom. The van der Waals surface area contributed by atoms with Gasteiger partial charge in [-0.25, -0.2) is 4.79 Å². The van der Waals surface area contributed by atoms with Crippen LogP contribution in [0.2, 0.25) is 0 Å². The normalized spacial score (nSPS) is 10.6. The van der Waals surface area contributed by atoms with Gasteiger partial charge in [-0.15, -0.1) is 0 Å². The zero-order chi connectivity index (χ0) is 14.4. The quantitative estimate of drug-likeness (QED) is 0.817. The summed E-state index contributed by atoms with van der Waals surface area (Å²) in [6.07, 6.45) is 1.86. The predicted molar refractivity (Wildman–Crippen MR) is 77.3 cm³/mol. The highest BCUT2D eigenvalue weighted by atomic mass is 79.9. The van der Waals surface area contributed by atoms with E-state index in [1.807, 2.05) is 20.8 Å². The van der Waals surface area contributed by atoms with Crippen molar-refractivity contribution in [3.05, 3.63) is 22.2 Å². The van der Waals surface area contributed by atoms with Crippen molar-refractivity contribution in [2.75, 3.05) is 6.61 Å². The monoisotopic (exact) mass is 330 g/mol. The van der Waals surface area contributed by atoms with E-state index >= 15 is 0 Å². The maximum atomic E-state index is 11.0. The van der Waals surface area contributed by atoms with Gasteiger partial charge in [-0.2, -0.15) is 0 Å². The Hall–Kier alpha value is -1.23. The molecule has 19 heavy (non-hydrogen) atoms. The topological polar surface area (TPSA) is 55.8 Å². The zero-order valence-corrected chi connectivity index (χ0v) is 13.0. The van der Waals surface area contributed by atoms with Gasteiger partial charge < -0.3 is 14.6 Å². The van der Waals surface area contributed by atoms with E-state index in [-0.39, 0.29) is 11.7 Å². The van der Waals surface area contributed by atoms with Crippen LogP contribution in [0.15, 0.2) is 16.6 Å². The molecule has 1 aromatic rings. The predicted octanol–water partition coefficient (Wildman–Crippen LogP) is 4.11. The number of hydrogen-bond acceptors (Lipinski definition) is 3. The van der Waals surface area contributed by atoms with Gasteiger partial charge in [-0.05, 0) is 47.8 Å². The molecule has 4 nitrogen and oxygen atoms in total. The number of aromatic carboxylic acids is 1. The molecule has 0 aliphatic rings. The molecule has 1 aromatic carbocycles. The summed E-state index contributed by atoms with van der Waals surface area (Å²) in [5, 5.41) is 9.05. The standard InChI is InChI=1S/C14H19BrO4/c1-4-10(5-2)19-13-11(15)7-9(14(16)17)8-12(13)18-6-3/h7-8,10H,4-6H2,1-3H3,(H,16,17). The summed E-state index contributed by atoms with van der Waals surface area (Å²) in [5.74, 6) is 0.0393. The summed E-state index contributed by atoms with van der Waals surface area (Å²) >= 11 is 3.35. The molecule has 1 N–H and O–H groups in total.